The molecule has 3 N–H and O–H groups in total. The van der Waals surface area contributed by atoms with E-state index in [0.29, 0.717) is 44.0 Å². The van der Waals surface area contributed by atoms with Crippen molar-refractivity contribution in [3.05, 3.63) is 30.4 Å². The molecule has 0 bridgehead atoms. The highest BCUT2D eigenvalue weighted by atomic mass is 16.3. The molecule has 3 heterocycles. The number of aliphatic hydroxyl groups is 1. The van der Waals surface area contributed by atoms with E-state index in [1.165, 1.54) is 0 Å². The first-order chi connectivity index (χ1) is 14.1. The van der Waals surface area contributed by atoms with Gasteiger partial charge < -0.3 is 15.3 Å². The van der Waals surface area contributed by atoms with Crippen LogP contribution in [0, 0.1) is 5.92 Å². The van der Waals surface area contributed by atoms with E-state index in [0.717, 1.165) is 18.4 Å². The van der Waals surface area contributed by atoms with E-state index in [1.54, 1.807) is 17.3 Å². The number of amides is 2. The number of H-pyrrole nitrogens is 1. The maximum atomic E-state index is 12.5. The first-order valence-electron chi connectivity index (χ1n) is 10.1. The normalized spacial score (nSPS) is 19.2. The Kier molecular flexibility index (Phi) is 7.29. The van der Waals surface area contributed by atoms with Crippen LogP contribution >= 0.6 is 0 Å². The molecule has 9 nitrogen and oxygen atoms in total. The molecule has 2 aromatic heterocycles. The number of hydrogen-bond acceptors (Lipinski definition) is 6. The van der Waals surface area contributed by atoms with Crippen LogP contribution in [-0.2, 0) is 16.0 Å². The molecule has 29 heavy (non-hydrogen) atoms. The van der Waals surface area contributed by atoms with E-state index in [1.807, 2.05) is 19.1 Å². The lowest BCUT2D eigenvalue weighted by molar-refractivity contribution is -0.140. The average Bonchev–Trinajstić information content (AvgIpc) is 3.22. The summed E-state index contributed by atoms with van der Waals surface area (Å²) in [5.41, 5.74) is 0.817. The first-order valence-corrected chi connectivity index (χ1v) is 10.1. The summed E-state index contributed by atoms with van der Waals surface area (Å²) < 4.78 is 0. The minimum atomic E-state index is -0.729. The Morgan fingerprint density at radius 1 is 1.41 bits per heavy atom. The summed E-state index contributed by atoms with van der Waals surface area (Å²) >= 11 is 0. The van der Waals surface area contributed by atoms with Crippen LogP contribution in [0.3, 0.4) is 0 Å². The lowest BCUT2D eigenvalue weighted by Gasteiger charge is -2.35. The number of piperidine rings is 1. The van der Waals surface area contributed by atoms with Crippen molar-refractivity contribution in [1.29, 1.82) is 0 Å². The number of aromatic amines is 1. The lowest BCUT2D eigenvalue weighted by Crippen LogP contribution is -2.51. The zero-order valence-electron chi connectivity index (χ0n) is 16.7. The van der Waals surface area contributed by atoms with Crippen LogP contribution in [0.15, 0.2) is 24.5 Å². The van der Waals surface area contributed by atoms with Gasteiger partial charge in [-0.25, -0.2) is 4.98 Å². The number of carbonyl (C=O) groups excluding carboxylic acids is 2. The summed E-state index contributed by atoms with van der Waals surface area (Å²) in [4.78, 5) is 34.9. The predicted octanol–water partition coefficient (Wildman–Crippen LogP) is 0.925. The molecule has 1 aliphatic heterocycles. The predicted molar refractivity (Wildman–Crippen MR) is 107 cm³/mol. The Hall–Kier alpha value is -2.81. The second kappa shape index (κ2) is 10.1. The third-order valence-electron chi connectivity index (χ3n) is 5.12. The molecule has 2 aromatic rings. The number of likely N-dealkylation sites (tertiary alicyclic amines) is 1. The maximum Gasteiger partial charge on any atom is 0.227 e. The quantitative estimate of drug-likeness (QED) is 0.605. The van der Waals surface area contributed by atoms with Gasteiger partial charge in [-0.2, -0.15) is 5.10 Å². The fourth-order valence-electron chi connectivity index (χ4n) is 3.38. The van der Waals surface area contributed by atoms with E-state index in [4.69, 9.17) is 0 Å². The standard InChI is InChI=1S/C20H28N6O3/c1-2-3-6-18(28)26-11-8-16(27)15(13-26)20(29)22-10-7-17-23-19(25-24-17)14-5-4-9-21-12-14/h4-5,9,12,15-16,27H,2-3,6-8,10-11,13H2,1H3,(H,22,29)(H,23,24,25)/t15-,16+/m0/s1. The number of nitrogens with zero attached hydrogens (tertiary/aromatic N) is 4. The molecular weight excluding hydrogens is 372 g/mol. The number of pyridine rings is 1. The van der Waals surface area contributed by atoms with Crippen LogP contribution in [0.4, 0.5) is 0 Å². The van der Waals surface area contributed by atoms with E-state index in [9.17, 15) is 14.7 Å². The topological polar surface area (TPSA) is 124 Å². The molecule has 1 saturated heterocycles. The third-order valence-corrected chi connectivity index (χ3v) is 5.12. The molecule has 156 valence electrons. The van der Waals surface area contributed by atoms with Gasteiger partial charge >= 0.3 is 0 Å². The highest BCUT2D eigenvalue weighted by Crippen LogP contribution is 2.19. The van der Waals surface area contributed by atoms with E-state index < -0.39 is 12.0 Å². The number of nitrogens with one attached hydrogen (secondary N) is 2. The second-order valence-electron chi connectivity index (χ2n) is 7.29. The van der Waals surface area contributed by atoms with Crippen LogP contribution in [-0.4, -0.2) is 67.7 Å². The number of aromatic nitrogens is 4. The zero-order valence-corrected chi connectivity index (χ0v) is 16.7. The molecule has 0 unspecified atom stereocenters. The molecule has 2 amide bonds. The molecule has 0 aliphatic carbocycles. The highest BCUT2D eigenvalue weighted by molar-refractivity contribution is 5.81. The Morgan fingerprint density at radius 3 is 3.03 bits per heavy atom. The van der Waals surface area contributed by atoms with Gasteiger partial charge in [0.05, 0.1) is 12.0 Å². The van der Waals surface area contributed by atoms with Gasteiger partial charge in [0.25, 0.3) is 0 Å². The van der Waals surface area contributed by atoms with Crippen molar-refractivity contribution in [2.45, 2.75) is 45.1 Å². The molecule has 0 aromatic carbocycles. The van der Waals surface area contributed by atoms with Gasteiger partial charge in [-0.3, -0.25) is 19.7 Å². The van der Waals surface area contributed by atoms with Crippen molar-refractivity contribution >= 4 is 11.8 Å². The number of unbranched alkanes of at least 4 members (excludes halogenated alkanes) is 1. The summed E-state index contributed by atoms with van der Waals surface area (Å²) in [7, 11) is 0. The minimum absolute atomic E-state index is 0.0566. The van der Waals surface area contributed by atoms with Crippen molar-refractivity contribution in [3.8, 4) is 11.4 Å². The van der Waals surface area contributed by atoms with Crippen LogP contribution in [0.2, 0.25) is 0 Å². The molecule has 1 fully saturated rings. The van der Waals surface area contributed by atoms with Crippen LogP contribution in [0.25, 0.3) is 11.4 Å². The van der Waals surface area contributed by atoms with Crippen molar-refractivity contribution in [2.75, 3.05) is 19.6 Å². The Labute approximate surface area is 169 Å². The van der Waals surface area contributed by atoms with Gasteiger partial charge in [-0.05, 0) is 25.0 Å². The molecule has 2 atom stereocenters. The molecule has 0 radical (unpaired) electrons. The SMILES string of the molecule is CCCCC(=O)N1CC[C@@H](O)[C@@H](C(=O)NCCc2nc(-c3cccnc3)n[nH]2)C1. The number of carbonyl (C=O) groups is 2. The van der Waals surface area contributed by atoms with Gasteiger partial charge in [-0.15, -0.1) is 0 Å². The Balaban J connectivity index is 1.48. The summed E-state index contributed by atoms with van der Waals surface area (Å²) in [6, 6.07) is 3.69. The zero-order chi connectivity index (χ0) is 20.6. The molecule has 0 saturated carbocycles. The molecule has 3 rings (SSSR count). The highest BCUT2D eigenvalue weighted by Gasteiger charge is 2.34. The maximum absolute atomic E-state index is 12.5. The van der Waals surface area contributed by atoms with E-state index in [-0.39, 0.29) is 18.4 Å². The lowest BCUT2D eigenvalue weighted by atomic mass is 9.93. The van der Waals surface area contributed by atoms with Gasteiger partial charge in [0.1, 0.15) is 5.82 Å². The monoisotopic (exact) mass is 400 g/mol. The average molecular weight is 400 g/mol. The third kappa shape index (κ3) is 5.60. The van der Waals surface area contributed by atoms with E-state index in [2.05, 4.69) is 25.5 Å². The number of aliphatic hydroxyl groups excluding tert-OH is 1. The Morgan fingerprint density at radius 2 is 2.28 bits per heavy atom. The van der Waals surface area contributed by atoms with Crippen LogP contribution in [0.5, 0.6) is 0 Å². The first kappa shape index (κ1) is 20.9. The van der Waals surface area contributed by atoms with Crippen LogP contribution in [0.1, 0.15) is 38.4 Å². The number of rotatable bonds is 8. The van der Waals surface area contributed by atoms with Gasteiger partial charge in [0, 0.05) is 50.4 Å². The van der Waals surface area contributed by atoms with Gasteiger partial charge in [0.15, 0.2) is 5.82 Å². The van der Waals surface area contributed by atoms with Crippen molar-refractivity contribution in [2.24, 2.45) is 5.92 Å². The van der Waals surface area contributed by atoms with Crippen molar-refractivity contribution < 1.29 is 14.7 Å². The summed E-state index contributed by atoms with van der Waals surface area (Å²) in [5, 5.41) is 20.1. The van der Waals surface area contributed by atoms with Gasteiger partial charge in [-0.1, -0.05) is 13.3 Å². The summed E-state index contributed by atoms with van der Waals surface area (Å²) in [5.74, 6) is 0.432. The smallest absolute Gasteiger partial charge is 0.227 e. The Bertz CT molecular complexity index is 810. The van der Waals surface area contributed by atoms with Crippen molar-refractivity contribution in [3.63, 3.8) is 0 Å². The number of hydrogen-bond donors (Lipinski definition) is 3. The molecule has 1 aliphatic rings. The van der Waals surface area contributed by atoms with Gasteiger partial charge in [0.2, 0.25) is 11.8 Å². The van der Waals surface area contributed by atoms with Crippen LogP contribution < -0.4 is 5.32 Å². The largest absolute Gasteiger partial charge is 0.392 e. The van der Waals surface area contributed by atoms with Crippen molar-refractivity contribution in [1.82, 2.24) is 30.4 Å². The minimum Gasteiger partial charge on any atom is -0.392 e. The summed E-state index contributed by atoms with van der Waals surface area (Å²) in [6.07, 6.45) is 5.84. The van der Waals surface area contributed by atoms with E-state index >= 15 is 0 Å². The molecule has 9 heteroatoms. The fraction of sp³-hybridized carbons (Fsp3) is 0.550. The second-order valence-corrected chi connectivity index (χ2v) is 7.29. The fourth-order valence-corrected chi connectivity index (χ4v) is 3.38. The molecular formula is C20H28N6O3. The molecule has 0 spiro atoms. The summed E-state index contributed by atoms with van der Waals surface area (Å²) in [6.45, 7) is 3.18.